The molecule has 2 aromatic rings. The summed E-state index contributed by atoms with van der Waals surface area (Å²) in [6.45, 7) is 1.66. The van der Waals surface area contributed by atoms with Crippen molar-refractivity contribution in [3.8, 4) is 11.5 Å². The molecule has 0 radical (unpaired) electrons. The van der Waals surface area contributed by atoms with Crippen molar-refractivity contribution in [2.45, 2.75) is 19.4 Å². The highest BCUT2D eigenvalue weighted by molar-refractivity contribution is 5.78. The summed E-state index contributed by atoms with van der Waals surface area (Å²) in [4.78, 5) is 11.9. The fourth-order valence-electron chi connectivity index (χ4n) is 2.14. The third-order valence-corrected chi connectivity index (χ3v) is 3.16. The van der Waals surface area contributed by atoms with Gasteiger partial charge in [0, 0.05) is 24.6 Å². The monoisotopic (exact) mass is 288 g/mol. The van der Waals surface area contributed by atoms with Gasteiger partial charge in [-0.3, -0.25) is 4.79 Å². The van der Waals surface area contributed by atoms with E-state index in [9.17, 15) is 4.79 Å². The summed E-state index contributed by atoms with van der Waals surface area (Å²) in [6, 6.07) is 7.36. The molecule has 21 heavy (non-hydrogen) atoms. The number of nitrogens with zero attached hydrogens (tertiary/aromatic N) is 1. The van der Waals surface area contributed by atoms with Gasteiger partial charge >= 0.3 is 0 Å². The van der Waals surface area contributed by atoms with Crippen LogP contribution in [0.4, 0.5) is 0 Å². The van der Waals surface area contributed by atoms with Gasteiger partial charge in [0.25, 0.3) is 0 Å². The number of hydrogen-bond acceptors (Lipinski definition) is 5. The molecule has 2 heterocycles. The Labute approximate surface area is 122 Å². The van der Waals surface area contributed by atoms with Crippen molar-refractivity contribution < 1.29 is 18.8 Å². The Morgan fingerprint density at radius 2 is 2.14 bits per heavy atom. The van der Waals surface area contributed by atoms with Gasteiger partial charge in [-0.2, -0.15) is 0 Å². The van der Waals surface area contributed by atoms with Crippen LogP contribution >= 0.6 is 0 Å². The van der Waals surface area contributed by atoms with Crippen molar-refractivity contribution >= 4 is 5.91 Å². The fourth-order valence-corrected chi connectivity index (χ4v) is 2.14. The first-order chi connectivity index (χ1) is 10.3. The Bertz CT molecular complexity index is 610. The highest BCUT2D eigenvalue weighted by atomic mass is 16.5. The molecule has 0 bridgehead atoms. The zero-order chi connectivity index (χ0) is 14.5. The SMILES string of the molecule is O=C(Cc1ccon1)NCc1cccc2c1OCCCO2. The third-order valence-electron chi connectivity index (χ3n) is 3.16. The molecule has 0 saturated carbocycles. The number of rotatable bonds is 4. The first kappa shape index (κ1) is 13.5. The number of amides is 1. The second-order valence-corrected chi connectivity index (χ2v) is 4.74. The molecule has 0 fully saturated rings. The van der Waals surface area contributed by atoms with Crippen LogP contribution in [0, 0.1) is 0 Å². The van der Waals surface area contributed by atoms with E-state index >= 15 is 0 Å². The largest absolute Gasteiger partial charge is 0.490 e. The third kappa shape index (κ3) is 3.34. The Balaban J connectivity index is 1.64. The zero-order valence-corrected chi connectivity index (χ0v) is 11.5. The topological polar surface area (TPSA) is 73.6 Å². The van der Waals surface area contributed by atoms with Crippen LogP contribution in [0.1, 0.15) is 17.7 Å². The number of ether oxygens (including phenoxy) is 2. The molecule has 6 heteroatoms. The molecule has 1 aliphatic heterocycles. The normalized spacial score (nSPS) is 13.5. The lowest BCUT2D eigenvalue weighted by Gasteiger charge is -2.12. The second-order valence-electron chi connectivity index (χ2n) is 4.74. The summed E-state index contributed by atoms with van der Waals surface area (Å²) >= 11 is 0. The van der Waals surface area contributed by atoms with Gasteiger partial charge in [-0.15, -0.1) is 0 Å². The summed E-state index contributed by atoms with van der Waals surface area (Å²) in [6.07, 6.45) is 2.50. The Kier molecular flexibility index (Phi) is 4.04. The van der Waals surface area contributed by atoms with E-state index in [-0.39, 0.29) is 12.3 Å². The average molecular weight is 288 g/mol. The van der Waals surface area contributed by atoms with Crippen molar-refractivity contribution in [3.05, 3.63) is 41.8 Å². The van der Waals surface area contributed by atoms with E-state index in [1.807, 2.05) is 18.2 Å². The van der Waals surface area contributed by atoms with Crippen molar-refractivity contribution in [2.24, 2.45) is 0 Å². The van der Waals surface area contributed by atoms with Gasteiger partial charge in [-0.25, -0.2) is 0 Å². The lowest BCUT2D eigenvalue weighted by atomic mass is 10.1. The van der Waals surface area contributed by atoms with Gasteiger partial charge in [0.2, 0.25) is 5.91 Å². The minimum Gasteiger partial charge on any atom is -0.490 e. The standard InChI is InChI=1S/C15H16N2O4/c18-14(9-12-5-8-21-17-12)16-10-11-3-1-4-13-15(11)20-7-2-6-19-13/h1,3-5,8H,2,6-7,9-10H2,(H,16,18). The van der Waals surface area contributed by atoms with E-state index in [0.29, 0.717) is 25.5 Å². The Morgan fingerprint density at radius 1 is 1.24 bits per heavy atom. The molecular formula is C15H16N2O4. The molecule has 3 rings (SSSR count). The maximum absolute atomic E-state index is 11.9. The average Bonchev–Trinajstić information content (AvgIpc) is 2.87. The fraction of sp³-hybridized carbons (Fsp3) is 0.333. The summed E-state index contributed by atoms with van der Waals surface area (Å²) in [5.41, 5.74) is 1.52. The van der Waals surface area contributed by atoms with E-state index in [1.165, 1.54) is 6.26 Å². The van der Waals surface area contributed by atoms with E-state index in [2.05, 4.69) is 10.5 Å². The second kappa shape index (κ2) is 6.30. The first-order valence-corrected chi connectivity index (χ1v) is 6.86. The van der Waals surface area contributed by atoms with Crippen LogP contribution in [0.15, 0.2) is 35.1 Å². The maximum Gasteiger partial charge on any atom is 0.226 e. The maximum atomic E-state index is 11.9. The van der Waals surface area contributed by atoms with Crippen LogP contribution in [0.25, 0.3) is 0 Å². The lowest BCUT2D eigenvalue weighted by Crippen LogP contribution is -2.25. The first-order valence-electron chi connectivity index (χ1n) is 6.86. The molecule has 1 N–H and O–H groups in total. The molecule has 110 valence electrons. The number of aromatic nitrogens is 1. The van der Waals surface area contributed by atoms with Gasteiger partial charge in [0.05, 0.1) is 25.3 Å². The molecule has 1 amide bonds. The van der Waals surface area contributed by atoms with Crippen molar-refractivity contribution in [2.75, 3.05) is 13.2 Å². The van der Waals surface area contributed by atoms with Crippen LogP contribution in [0.2, 0.25) is 0 Å². The molecule has 1 aromatic carbocycles. The van der Waals surface area contributed by atoms with Crippen LogP contribution in [-0.4, -0.2) is 24.3 Å². The molecular weight excluding hydrogens is 272 g/mol. The van der Waals surface area contributed by atoms with E-state index in [1.54, 1.807) is 6.07 Å². The predicted molar refractivity (Wildman–Crippen MR) is 74.1 cm³/mol. The number of fused-ring (bicyclic) bond motifs is 1. The molecule has 0 saturated heterocycles. The molecule has 0 spiro atoms. The van der Waals surface area contributed by atoms with E-state index in [0.717, 1.165) is 23.5 Å². The Hall–Kier alpha value is -2.50. The van der Waals surface area contributed by atoms with Crippen LogP contribution in [-0.2, 0) is 17.8 Å². The van der Waals surface area contributed by atoms with Gasteiger partial charge in [-0.05, 0) is 6.07 Å². The number of benzene rings is 1. The van der Waals surface area contributed by atoms with Crippen LogP contribution < -0.4 is 14.8 Å². The lowest BCUT2D eigenvalue weighted by molar-refractivity contribution is -0.120. The van der Waals surface area contributed by atoms with Crippen molar-refractivity contribution in [1.29, 1.82) is 0 Å². The number of carbonyl (C=O) groups is 1. The summed E-state index contributed by atoms with van der Waals surface area (Å²) in [7, 11) is 0. The molecule has 6 nitrogen and oxygen atoms in total. The smallest absolute Gasteiger partial charge is 0.226 e. The van der Waals surface area contributed by atoms with Gasteiger partial charge < -0.3 is 19.3 Å². The van der Waals surface area contributed by atoms with E-state index < -0.39 is 0 Å². The van der Waals surface area contributed by atoms with Gasteiger partial charge in [0.1, 0.15) is 6.26 Å². The highest BCUT2D eigenvalue weighted by Gasteiger charge is 2.15. The highest BCUT2D eigenvalue weighted by Crippen LogP contribution is 2.33. The number of nitrogens with one attached hydrogen (secondary N) is 1. The minimum absolute atomic E-state index is 0.115. The number of para-hydroxylation sites is 1. The summed E-state index contributed by atoms with van der Waals surface area (Å²) in [5, 5.41) is 6.56. The summed E-state index contributed by atoms with van der Waals surface area (Å²) < 4.78 is 16.0. The van der Waals surface area contributed by atoms with E-state index in [4.69, 9.17) is 14.0 Å². The van der Waals surface area contributed by atoms with Crippen LogP contribution in [0.3, 0.4) is 0 Å². The minimum atomic E-state index is -0.115. The van der Waals surface area contributed by atoms with Crippen molar-refractivity contribution in [1.82, 2.24) is 10.5 Å². The molecule has 0 aliphatic carbocycles. The molecule has 1 aromatic heterocycles. The Morgan fingerprint density at radius 3 is 3.00 bits per heavy atom. The molecule has 0 unspecified atom stereocenters. The molecule has 1 aliphatic rings. The van der Waals surface area contributed by atoms with Crippen LogP contribution in [0.5, 0.6) is 11.5 Å². The molecule has 0 atom stereocenters. The van der Waals surface area contributed by atoms with Gasteiger partial charge in [0.15, 0.2) is 11.5 Å². The quantitative estimate of drug-likeness (QED) is 0.927. The number of hydrogen-bond donors (Lipinski definition) is 1. The predicted octanol–water partition coefficient (Wildman–Crippen LogP) is 1.69. The van der Waals surface area contributed by atoms with Gasteiger partial charge in [-0.1, -0.05) is 17.3 Å². The van der Waals surface area contributed by atoms with Crippen molar-refractivity contribution in [3.63, 3.8) is 0 Å². The zero-order valence-electron chi connectivity index (χ0n) is 11.5. The number of carbonyl (C=O) groups excluding carboxylic acids is 1. The summed E-state index contributed by atoms with van der Waals surface area (Å²) in [5.74, 6) is 1.34.